The Bertz CT molecular complexity index is 744. The smallest absolute Gasteiger partial charge is 0.123 e. The van der Waals surface area contributed by atoms with Gasteiger partial charge < -0.3 is 10.2 Å². The second-order valence-electron chi connectivity index (χ2n) is 6.20. The Morgan fingerprint density at radius 2 is 1.80 bits per heavy atom. The van der Waals surface area contributed by atoms with E-state index in [1.165, 1.54) is 6.07 Å². The zero-order valence-corrected chi connectivity index (χ0v) is 16.4. The van der Waals surface area contributed by atoms with Crippen LogP contribution in [0.4, 0.5) is 15.8 Å². The second kappa shape index (κ2) is 9.42. The highest BCUT2D eigenvalue weighted by Gasteiger charge is 2.06. The van der Waals surface area contributed by atoms with Crippen LogP contribution in [0.15, 0.2) is 35.3 Å². The molecule has 0 unspecified atom stereocenters. The fourth-order valence-corrected chi connectivity index (χ4v) is 2.39. The molecule has 0 aliphatic rings. The van der Waals surface area contributed by atoms with E-state index >= 15 is 0 Å². The van der Waals surface area contributed by atoms with E-state index in [-0.39, 0.29) is 18.2 Å². The maximum absolute atomic E-state index is 13.4. The number of benzene rings is 2. The molecule has 5 heteroatoms. The molecule has 0 aliphatic carbocycles. The van der Waals surface area contributed by atoms with Gasteiger partial charge in [-0.15, -0.1) is 12.4 Å². The molecule has 2 aromatic rings. The third-order valence-electron chi connectivity index (χ3n) is 4.22. The molecule has 0 aliphatic heterocycles. The Hall–Kier alpha value is -2.07. The van der Waals surface area contributed by atoms with Gasteiger partial charge in [0.2, 0.25) is 0 Å². The Morgan fingerprint density at radius 1 is 1.08 bits per heavy atom. The normalized spacial score (nSPS) is 10.6. The predicted octanol–water partition coefficient (Wildman–Crippen LogP) is 5.40. The average molecular weight is 364 g/mol. The number of aliphatic imine (C=N–C) groups is 1. The summed E-state index contributed by atoms with van der Waals surface area (Å²) >= 11 is 0. The minimum atomic E-state index is -0.199. The van der Waals surface area contributed by atoms with Gasteiger partial charge in [-0.3, -0.25) is 0 Å². The Morgan fingerprint density at radius 3 is 2.48 bits per heavy atom. The number of nitrogens with zero attached hydrogens (tertiary/aromatic N) is 2. The molecule has 0 saturated heterocycles. The van der Waals surface area contributed by atoms with Crippen LogP contribution in [0.25, 0.3) is 0 Å². The SMILES string of the molecule is CCN(C)C=Nc1cc(C)c(NCc2cc(F)ccc2C)cc1C.Cl. The van der Waals surface area contributed by atoms with Crippen molar-refractivity contribution in [1.29, 1.82) is 0 Å². The van der Waals surface area contributed by atoms with Gasteiger partial charge in [0.15, 0.2) is 0 Å². The highest BCUT2D eigenvalue weighted by Crippen LogP contribution is 2.27. The summed E-state index contributed by atoms with van der Waals surface area (Å²) in [6, 6.07) is 9.07. The first-order valence-electron chi connectivity index (χ1n) is 8.25. The van der Waals surface area contributed by atoms with E-state index in [0.717, 1.165) is 40.2 Å². The molecule has 0 bridgehead atoms. The summed E-state index contributed by atoms with van der Waals surface area (Å²) in [4.78, 5) is 6.58. The number of rotatable bonds is 6. The minimum Gasteiger partial charge on any atom is -0.381 e. The quantitative estimate of drug-likeness (QED) is 0.550. The molecular weight excluding hydrogens is 337 g/mol. The van der Waals surface area contributed by atoms with Crippen molar-refractivity contribution in [2.45, 2.75) is 34.2 Å². The van der Waals surface area contributed by atoms with Crippen LogP contribution in [0, 0.1) is 26.6 Å². The molecule has 2 rings (SSSR count). The molecule has 0 spiro atoms. The lowest BCUT2D eigenvalue weighted by Crippen LogP contribution is -2.14. The fraction of sp³-hybridized carbons (Fsp3) is 0.350. The van der Waals surface area contributed by atoms with Crippen LogP contribution in [0.3, 0.4) is 0 Å². The van der Waals surface area contributed by atoms with Crippen molar-refractivity contribution in [1.82, 2.24) is 4.90 Å². The number of halogens is 2. The van der Waals surface area contributed by atoms with Crippen LogP contribution in [0.1, 0.15) is 29.2 Å². The Kier molecular flexibility index (Phi) is 7.91. The summed E-state index contributed by atoms with van der Waals surface area (Å²) in [6.45, 7) is 9.72. The standard InChI is InChI=1S/C20H26FN3.ClH/c1-6-24(5)13-23-20-10-15(3)19(9-16(20)4)22-12-17-11-18(21)8-7-14(17)2;/h7-11,13,22H,6,12H2,1-5H3;1H. The van der Waals surface area contributed by atoms with Gasteiger partial charge in [0.1, 0.15) is 5.82 Å². The van der Waals surface area contributed by atoms with Gasteiger partial charge in [0.25, 0.3) is 0 Å². The van der Waals surface area contributed by atoms with Crippen LogP contribution < -0.4 is 5.32 Å². The van der Waals surface area contributed by atoms with Gasteiger partial charge in [-0.2, -0.15) is 0 Å². The van der Waals surface area contributed by atoms with Crippen LogP contribution in [0.2, 0.25) is 0 Å². The first-order chi connectivity index (χ1) is 11.4. The second-order valence-corrected chi connectivity index (χ2v) is 6.20. The summed E-state index contributed by atoms with van der Waals surface area (Å²) in [5.74, 6) is -0.199. The van der Waals surface area contributed by atoms with Crippen molar-refractivity contribution in [2.24, 2.45) is 4.99 Å². The monoisotopic (exact) mass is 363 g/mol. The molecule has 0 amide bonds. The maximum atomic E-state index is 13.4. The molecule has 0 aromatic heterocycles. The van der Waals surface area contributed by atoms with Crippen molar-refractivity contribution in [2.75, 3.05) is 18.9 Å². The van der Waals surface area contributed by atoms with Crippen LogP contribution in [0.5, 0.6) is 0 Å². The highest BCUT2D eigenvalue weighted by atomic mass is 35.5. The van der Waals surface area contributed by atoms with Gasteiger partial charge >= 0.3 is 0 Å². The van der Waals surface area contributed by atoms with Crippen LogP contribution in [-0.4, -0.2) is 24.8 Å². The summed E-state index contributed by atoms with van der Waals surface area (Å²) in [6.07, 6.45) is 1.85. The minimum absolute atomic E-state index is 0. The van der Waals surface area contributed by atoms with Gasteiger partial charge in [-0.05, 0) is 74.2 Å². The third kappa shape index (κ3) is 5.75. The van der Waals surface area contributed by atoms with E-state index < -0.39 is 0 Å². The van der Waals surface area contributed by atoms with Gasteiger partial charge in [0, 0.05) is 25.8 Å². The maximum Gasteiger partial charge on any atom is 0.123 e. The Labute approximate surface area is 156 Å². The number of anilines is 1. The van der Waals surface area contributed by atoms with Crippen molar-refractivity contribution in [3.63, 3.8) is 0 Å². The van der Waals surface area contributed by atoms with Crippen molar-refractivity contribution in [3.05, 3.63) is 58.4 Å². The van der Waals surface area contributed by atoms with E-state index in [2.05, 4.69) is 43.2 Å². The molecule has 25 heavy (non-hydrogen) atoms. The van der Waals surface area contributed by atoms with Gasteiger partial charge in [-0.25, -0.2) is 9.38 Å². The summed E-state index contributed by atoms with van der Waals surface area (Å²) < 4.78 is 13.4. The zero-order chi connectivity index (χ0) is 17.7. The van der Waals surface area contributed by atoms with E-state index in [1.54, 1.807) is 6.07 Å². The number of nitrogens with one attached hydrogen (secondary N) is 1. The van der Waals surface area contributed by atoms with Crippen molar-refractivity contribution >= 4 is 30.1 Å². The molecule has 0 atom stereocenters. The fourth-order valence-electron chi connectivity index (χ4n) is 2.39. The molecule has 136 valence electrons. The molecule has 0 fully saturated rings. The molecule has 0 radical (unpaired) electrons. The zero-order valence-electron chi connectivity index (χ0n) is 15.6. The molecule has 3 nitrogen and oxygen atoms in total. The van der Waals surface area contributed by atoms with Crippen LogP contribution >= 0.6 is 12.4 Å². The summed E-state index contributed by atoms with van der Waals surface area (Å²) in [5, 5.41) is 3.41. The average Bonchev–Trinajstić information content (AvgIpc) is 2.56. The van der Waals surface area contributed by atoms with E-state index in [1.807, 2.05) is 31.3 Å². The number of hydrogen-bond donors (Lipinski definition) is 1. The molecule has 0 heterocycles. The molecule has 1 N–H and O–H groups in total. The van der Waals surface area contributed by atoms with Gasteiger partial charge in [0.05, 0.1) is 12.0 Å². The van der Waals surface area contributed by atoms with Crippen molar-refractivity contribution in [3.8, 4) is 0 Å². The number of aryl methyl sites for hydroxylation is 3. The Balaban J connectivity index is 0.00000312. The summed E-state index contributed by atoms with van der Waals surface area (Å²) in [5.41, 5.74) is 6.32. The molecule has 0 saturated carbocycles. The third-order valence-corrected chi connectivity index (χ3v) is 4.22. The van der Waals surface area contributed by atoms with Crippen molar-refractivity contribution < 1.29 is 4.39 Å². The predicted molar refractivity (Wildman–Crippen MR) is 108 cm³/mol. The highest BCUT2D eigenvalue weighted by molar-refractivity contribution is 5.85. The van der Waals surface area contributed by atoms with E-state index in [9.17, 15) is 4.39 Å². The van der Waals surface area contributed by atoms with E-state index in [4.69, 9.17) is 0 Å². The van der Waals surface area contributed by atoms with E-state index in [0.29, 0.717) is 6.54 Å². The first kappa shape index (κ1) is 21.0. The lowest BCUT2D eigenvalue weighted by atomic mass is 10.1. The van der Waals surface area contributed by atoms with Crippen LogP contribution in [-0.2, 0) is 6.54 Å². The largest absolute Gasteiger partial charge is 0.381 e. The number of hydrogen-bond acceptors (Lipinski definition) is 2. The topological polar surface area (TPSA) is 27.6 Å². The lowest BCUT2D eigenvalue weighted by molar-refractivity contribution is 0.552. The molecular formula is C20H27ClFN3. The lowest BCUT2D eigenvalue weighted by Gasteiger charge is -2.14. The first-order valence-corrected chi connectivity index (χ1v) is 8.25. The van der Waals surface area contributed by atoms with Gasteiger partial charge in [-0.1, -0.05) is 6.07 Å². The summed E-state index contributed by atoms with van der Waals surface area (Å²) in [7, 11) is 2.00. The molecule has 2 aromatic carbocycles.